The molecule has 92 valence electrons. The van der Waals surface area contributed by atoms with Crippen LogP contribution in [0, 0.1) is 5.92 Å². The number of amides is 1. The lowest BCUT2D eigenvalue weighted by Crippen LogP contribution is -2.51. The molecule has 4 nitrogen and oxygen atoms in total. The van der Waals surface area contributed by atoms with Crippen molar-refractivity contribution in [3.63, 3.8) is 0 Å². The standard InChI is InChI=1S/C12H21NO3/c1-3-12(2,11(15)16)13-10(14)8-7-9-5-4-6-9/h9H,3-8H2,1-2H3,(H,13,14)(H,15,16). The van der Waals surface area contributed by atoms with Crippen LogP contribution in [0.4, 0.5) is 0 Å². The first-order valence-electron chi connectivity index (χ1n) is 6.02. The molecular weight excluding hydrogens is 206 g/mol. The third kappa shape index (κ3) is 3.22. The van der Waals surface area contributed by atoms with Gasteiger partial charge in [0.05, 0.1) is 0 Å². The Labute approximate surface area is 96.4 Å². The maximum Gasteiger partial charge on any atom is 0.329 e. The molecule has 0 heterocycles. The first kappa shape index (κ1) is 13.0. The second kappa shape index (κ2) is 5.32. The molecule has 1 fully saturated rings. The predicted octanol–water partition coefficient (Wildman–Crippen LogP) is 1.94. The Bertz CT molecular complexity index is 273. The third-order valence-corrected chi connectivity index (χ3v) is 3.60. The van der Waals surface area contributed by atoms with Gasteiger partial charge in [0.25, 0.3) is 0 Å². The van der Waals surface area contributed by atoms with E-state index < -0.39 is 11.5 Å². The Morgan fingerprint density at radius 2 is 2.06 bits per heavy atom. The van der Waals surface area contributed by atoms with Gasteiger partial charge in [-0.15, -0.1) is 0 Å². The second-order valence-electron chi connectivity index (χ2n) is 4.87. The van der Waals surface area contributed by atoms with Crippen molar-refractivity contribution in [2.75, 3.05) is 0 Å². The van der Waals surface area contributed by atoms with Crippen molar-refractivity contribution >= 4 is 11.9 Å². The van der Waals surface area contributed by atoms with E-state index in [9.17, 15) is 9.59 Å². The summed E-state index contributed by atoms with van der Waals surface area (Å²) in [7, 11) is 0. The van der Waals surface area contributed by atoms with Crippen molar-refractivity contribution in [1.82, 2.24) is 5.32 Å². The normalized spacial score (nSPS) is 19.6. The summed E-state index contributed by atoms with van der Waals surface area (Å²) in [5.74, 6) is -0.422. The van der Waals surface area contributed by atoms with Crippen molar-refractivity contribution < 1.29 is 14.7 Å². The second-order valence-corrected chi connectivity index (χ2v) is 4.87. The zero-order chi connectivity index (χ0) is 12.2. The lowest BCUT2D eigenvalue weighted by Gasteiger charge is -2.27. The first-order chi connectivity index (χ1) is 7.48. The minimum atomic E-state index is -1.11. The molecule has 0 aromatic carbocycles. The summed E-state index contributed by atoms with van der Waals surface area (Å²) in [6, 6.07) is 0. The Kier molecular flexibility index (Phi) is 4.33. The summed E-state index contributed by atoms with van der Waals surface area (Å²) in [5.41, 5.74) is -1.11. The van der Waals surface area contributed by atoms with E-state index in [0.717, 1.165) is 6.42 Å². The third-order valence-electron chi connectivity index (χ3n) is 3.60. The van der Waals surface area contributed by atoms with Gasteiger partial charge in [-0.2, -0.15) is 0 Å². The van der Waals surface area contributed by atoms with Crippen LogP contribution in [-0.2, 0) is 9.59 Å². The zero-order valence-electron chi connectivity index (χ0n) is 10.1. The lowest BCUT2D eigenvalue weighted by molar-refractivity contribution is -0.147. The number of nitrogens with one attached hydrogen (secondary N) is 1. The smallest absolute Gasteiger partial charge is 0.329 e. The van der Waals surface area contributed by atoms with Crippen LogP contribution in [0.1, 0.15) is 52.4 Å². The number of carboxylic acid groups (broad SMARTS) is 1. The Morgan fingerprint density at radius 3 is 2.44 bits per heavy atom. The van der Waals surface area contributed by atoms with Crippen LogP contribution in [0.15, 0.2) is 0 Å². The summed E-state index contributed by atoms with van der Waals surface area (Å²) in [4.78, 5) is 22.6. The minimum Gasteiger partial charge on any atom is -0.480 e. The topological polar surface area (TPSA) is 66.4 Å². The first-order valence-corrected chi connectivity index (χ1v) is 6.02. The van der Waals surface area contributed by atoms with Crippen LogP contribution in [-0.4, -0.2) is 22.5 Å². The lowest BCUT2D eigenvalue weighted by atomic mass is 9.82. The number of carboxylic acids is 1. The fourth-order valence-corrected chi connectivity index (χ4v) is 1.78. The average molecular weight is 227 g/mol. The van der Waals surface area contributed by atoms with E-state index in [0.29, 0.717) is 18.8 Å². The van der Waals surface area contributed by atoms with Crippen LogP contribution in [0.5, 0.6) is 0 Å². The molecule has 1 amide bonds. The van der Waals surface area contributed by atoms with E-state index in [1.54, 1.807) is 13.8 Å². The summed E-state index contributed by atoms with van der Waals surface area (Å²) < 4.78 is 0. The van der Waals surface area contributed by atoms with Crippen molar-refractivity contribution in [3.8, 4) is 0 Å². The van der Waals surface area contributed by atoms with Gasteiger partial charge in [0.15, 0.2) is 0 Å². The van der Waals surface area contributed by atoms with Crippen LogP contribution in [0.25, 0.3) is 0 Å². The van der Waals surface area contributed by atoms with Crippen LogP contribution in [0.3, 0.4) is 0 Å². The van der Waals surface area contributed by atoms with Crippen molar-refractivity contribution in [3.05, 3.63) is 0 Å². The molecule has 1 unspecified atom stereocenters. The summed E-state index contributed by atoms with van der Waals surface area (Å²) in [5, 5.41) is 11.6. The predicted molar refractivity (Wildman–Crippen MR) is 61.0 cm³/mol. The van der Waals surface area contributed by atoms with Gasteiger partial charge in [0.2, 0.25) is 5.91 Å². The molecule has 4 heteroatoms. The summed E-state index contributed by atoms with van der Waals surface area (Å²) >= 11 is 0. The number of rotatable bonds is 6. The van der Waals surface area contributed by atoms with E-state index in [2.05, 4.69) is 5.32 Å². The molecule has 1 aliphatic rings. The van der Waals surface area contributed by atoms with Gasteiger partial charge in [0.1, 0.15) is 5.54 Å². The van der Waals surface area contributed by atoms with Gasteiger partial charge in [-0.1, -0.05) is 26.2 Å². The molecule has 1 atom stereocenters. The highest BCUT2D eigenvalue weighted by Gasteiger charge is 2.32. The quantitative estimate of drug-likeness (QED) is 0.728. The molecule has 0 radical (unpaired) electrons. The van der Waals surface area contributed by atoms with E-state index in [4.69, 9.17) is 5.11 Å². The van der Waals surface area contributed by atoms with Gasteiger partial charge in [-0.25, -0.2) is 4.79 Å². The van der Waals surface area contributed by atoms with E-state index >= 15 is 0 Å². The van der Waals surface area contributed by atoms with Crippen LogP contribution in [0.2, 0.25) is 0 Å². The molecule has 0 bridgehead atoms. The van der Waals surface area contributed by atoms with E-state index in [-0.39, 0.29) is 5.91 Å². The Balaban J connectivity index is 2.33. The average Bonchev–Trinajstić information content (AvgIpc) is 2.14. The highest BCUT2D eigenvalue weighted by atomic mass is 16.4. The zero-order valence-corrected chi connectivity index (χ0v) is 10.1. The number of carbonyl (C=O) groups is 2. The van der Waals surface area contributed by atoms with Crippen LogP contribution >= 0.6 is 0 Å². The largest absolute Gasteiger partial charge is 0.480 e. The molecule has 1 saturated carbocycles. The van der Waals surface area contributed by atoms with Gasteiger partial charge < -0.3 is 10.4 Å². The fourth-order valence-electron chi connectivity index (χ4n) is 1.78. The molecular formula is C12H21NO3. The summed E-state index contributed by atoms with van der Waals surface area (Å²) in [6.45, 7) is 3.32. The van der Waals surface area contributed by atoms with Gasteiger partial charge in [-0.05, 0) is 25.7 Å². The molecule has 16 heavy (non-hydrogen) atoms. The number of hydrogen-bond acceptors (Lipinski definition) is 2. The number of hydrogen-bond donors (Lipinski definition) is 2. The molecule has 0 aromatic rings. The number of aliphatic carboxylic acids is 1. The number of carbonyl (C=O) groups excluding carboxylic acids is 1. The van der Waals surface area contributed by atoms with Crippen LogP contribution < -0.4 is 5.32 Å². The molecule has 1 aliphatic carbocycles. The molecule has 0 spiro atoms. The molecule has 0 saturated heterocycles. The molecule has 0 aliphatic heterocycles. The van der Waals surface area contributed by atoms with Crippen molar-refractivity contribution in [1.29, 1.82) is 0 Å². The monoisotopic (exact) mass is 227 g/mol. The maximum atomic E-state index is 11.6. The summed E-state index contributed by atoms with van der Waals surface area (Å²) in [6.07, 6.45) is 5.46. The SMILES string of the molecule is CCC(C)(NC(=O)CCC1CCC1)C(=O)O. The highest BCUT2D eigenvalue weighted by molar-refractivity contribution is 5.86. The van der Waals surface area contributed by atoms with Crippen molar-refractivity contribution in [2.45, 2.75) is 57.9 Å². The van der Waals surface area contributed by atoms with E-state index in [1.165, 1.54) is 19.3 Å². The molecule has 2 N–H and O–H groups in total. The van der Waals surface area contributed by atoms with E-state index in [1.807, 2.05) is 0 Å². The van der Waals surface area contributed by atoms with Gasteiger partial charge >= 0.3 is 5.97 Å². The highest BCUT2D eigenvalue weighted by Crippen LogP contribution is 2.30. The fraction of sp³-hybridized carbons (Fsp3) is 0.833. The Hall–Kier alpha value is -1.06. The van der Waals surface area contributed by atoms with Gasteiger partial charge in [-0.3, -0.25) is 4.79 Å². The molecule has 1 rings (SSSR count). The molecule has 0 aromatic heterocycles. The van der Waals surface area contributed by atoms with Gasteiger partial charge in [0, 0.05) is 6.42 Å². The minimum absolute atomic E-state index is 0.140. The van der Waals surface area contributed by atoms with Crippen molar-refractivity contribution in [2.24, 2.45) is 5.92 Å². The Morgan fingerprint density at radius 1 is 1.44 bits per heavy atom. The maximum absolute atomic E-state index is 11.6.